The monoisotopic (exact) mass is 288 g/mol. The summed E-state index contributed by atoms with van der Waals surface area (Å²) in [5.41, 5.74) is 1.67. The highest BCUT2D eigenvalue weighted by atomic mass is 35.5. The second-order valence-corrected chi connectivity index (χ2v) is 4.98. The van der Waals surface area contributed by atoms with Gasteiger partial charge in [0.2, 0.25) is 0 Å². The zero-order chi connectivity index (χ0) is 12.4. The van der Waals surface area contributed by atoms with Gasteiger partial charge in [-0.3, -0.25) is 4.79 Å². The van der Waals surface area contributed by atoms with E-state index in [1.54, 1.807) is 12.1 Å². The molecule has 1 aliphatic rings. The van der Waals surface area contributed by atoms with Gasteiger partial charge in [0.25, 0.3) is 5.91 Å². The van der Waals surface area contributed by atoms with Crippen LogP contribution in [-0.4, -0.2) is 36.5 Å². The highest BCUT2D eigenvalue weighted by Gasteiger charge is 2.21. The van der Waals surface area contributed by atoms with Crippen molar-refractivity contribution in [3.05, 3.63) is 34.3 Å². The van der Waals surface area contributed by atoms with Crippen LogP contribution in [0.2, 0.25) is 5.02 Å². The largest absolute Gasteiger partial charge is 0.336 e. The fourth-order valence-corrected chi connectivity index (χ4v) is 2.19. The maximum Gasteiger partial charge on any atom is 0.253 e. The van der Waals surface area contributed by atoms with Crippen LogP contribution in [0.15, 0.2) is 18.2 Å². The number of piperazine rings is 1. The standard InChI is InChI=1S/C13H17ClN2O.ClH/c1-9-7-11(3-4-12(9)14)13(17)16-6-5-15-10(2)8-16;/h3-4,7,10,15H,5-6,8H2,1-2H3;1H. The minimum Gasteiger partial charge on any atom is -0.336 e. The molecule has 0 spiro atoms. The maximum atomic E-state index is 12.3. The molecule has 0 aromatic heterocycles. The van der Waals surface area contributed by atoms with Crippen molar-refractivity contribution in [2.24, 2.45) is 0 Å². The summed E-state index contributed by atoms with van der Waals surface area (Å²) in [6.07, 6.45) is 0. The van der Waals surface area contributed by atoms with Gasteiger partial charge in [0.15, 0.2) is 0 Å². The van der Waals surface area contributed by atoms with Crippen LogP contribution in [0.25, 0.3) is 0 Å². The molecule has 1 atom stereocenters. The Kier molecular flexibility index (Phi) is 5.45. The number of rotatable bonds is 1. The fraction of sp³-hybridized carbons (Fsp3) is 0.462. The number of benzene rings is 1. The predicted molar refractivity (Wildman–Crippen MR) is 76.8 cm³/mol. The number of nitrogens with zero attached hydrogens (tertiary/aromatic N) is 1. The van der Waals surface area contributed by atoms with Crippen molar-refractivity contribution >= 4 is 29.9 Å². The molecule has 1 N–H and O–H groups in total. The summed E-state index contributed by atoms with van der Waals surface area (Å²) < 4.78 is 0. The summed E-state index contributed by atoms with van der Waals surface area (Å²) >= 11 is 5.96. The summed E-state index contributed by atoms with van der Waals surface area (Å²) in [6, 6.07) is 5.80. The third kappa shape index (κ3) is 3.37. The molecule has 0 saturated carbocycles. The van der Waals surface area contributed by atoms with Crippen LogP contribution in [-0.2, 0) is 0 Å². The highest BCUT2D eigenvalue weighted by molar-refractivity contribution is 6.31. The number of amides is 1. The van der Waals surface area contributed by atoms with Gasteiger partial charge < -0.3 is 10.2 Å². The lowest BCUT2D eigenvalue weighted by molar-refractivity contribution is 0.0709. The lowest BCUT2D eigenvalue weighted by atomic mass is 10.1. The Morgan fingerprint density at radius 2 is 2.22 bits per heavy atom. The molecule has 2 rings (SSSR count). The van der Waals surface area contributed by atoms with E-state index in [4.69, 9.17) is 11.6 Å². The molecule has 1 aromatic carbocycles. The third-order valence-electron chi connectivity index (χ3n) is 3.06. The fourth-order valence-electron chi connectivity index (χ4n) is 2.08. The van der Waals surface area contributed by atoms with Crippen molar-refractivity contribution in [3.8, 4) is 0 Å². The summed E-state index contributed by atoms with van der Waals surface area (Å²) in [4.78, 5) is 14.2. The van der Waals surface area contributed by atoms with Gasteiger partial charge >= 0.3 is 0 Å². The molecule has 0 bridgehead atoms. The van der Waals surface area contributed by atoms with E-state index < -0.39 is 0 Å². The Bertz CT molecular complexity index is 437. The maximum absolute atomic E-state index is 12.3. The second-order valence-electron chi connectivity index (χ2n) is 4.57. The Hall–Kier alpha value is -0.770. The summed E-state index contributed by atoms with van der Waals surface area (Å²) in [7, 11) is 0. The van der Waals surface area contributed by atoms with E-state index in [1.165, 1.54) is 0 Å². The SMILES string of the molecule is Cc1cc(C(=O)N2CCNC(C)C2)ccc1Cl.Cl. The molecule has 1 heterocycles. The molecule has 3 nitrogen and oxygen atoms in total. The van der Waals surface area contributed by atoms with E-state index >= 15 is 0 Å². The van der Waals surface area contributed by atoms with Gasteiger partial charge in [0.05, 0.1) is 0 Å². The van der Waals surface area contributed by atoms with Crippen molar-refractivity contribution in [3.63, 3.8) is 0 Å². The van der Waals surface area contributed by atoms with E-state index in [9.17, 15) is 4.79 Å². The zero-order valence-electron chi connectivity index (χ0n) is 10.6. The van der Waals surface area contributed by atoms with Crippen LogP contribution in [0.5, 0.6) is 0 Å². The molecule has 0 aliphatic carbocycles. The van der Waals surface area contributed by atoms with Crippen LogP contribution in [0.4, 0.5) is 0 Å². The quantitative estimate of drug-likeness (QED) is 0.861. The second kappa shape index (κ2) is 6.41. The van der Waals surface area contributed by atoms with Gasteiger partial charge in [-0.15, -0.1) is 12.4 Å². The van der Waals surface area contributed by atoms with E-state index in [1.807, 2.05) is 17.9 Å². The van der Waals surface area contributed by atoms with Gasteiger partial charge in [0.1, 0.15) is 0 Å². The van der Waals surface area contributed by atoms with Gasteiger partial charge in [-0.05, 0) is 37.6 Å². The van der Waals surface area contributed by atoms with Crippen molar-refractivity contribution in [1.82, 2.24) is 10.2 Å². The minimum atomic E-state index is 0. The number of aryl methyl sites for hydroxylation is 1. The first-order chi connectivity index (χ1) is 8.08. The van der Waals surface area contributed by atoms with Crippen LogP contribution in [0.1, 0.15) is 22.8 Å². The number of carbonyl (C=O) groups is 1. The van der Waals surface area contributed by atoms with Gasteiger partial charge in [-0.2, -0.15) is 0 Å². The lowest BCUT2D eigenvalue weighted by Gasteiger charge is -2.32. The van der Waals surface area contributed by atoms with Crippen LogP contribution in [0, 0.1) is 6.92 Å². The van der Waals surface area contributed by atoms with E-state index in [0.717, 1.165) is 30.8 Å². The molecule has 1 amide bonds. The Labute approximate surface area is 119 Å². The van der Waals surface area contributed by atoms with Gasteiger partial charge in [-0.25, -0.2) is 0 Å². The average Bonchev–Trinajstić information content (AvgIpc) is 2.32. The molecular weight excluding hydrogens is 271 g/mol. The van der Waals surface area contributed by atoms with Crippen molar-refractivity contribution < 1.29 is 4.79 Å². The first-order valence-corrected chi connectivity index (χ1v) is 6.24. The molecule has 5 heteroatoms. The van der Waals surface area contributed by atoms with Crippen molar-refractivity contribution in [1.29, 1.82) is 0 Å². The van der Waals surface area contributed by atoms with Gasteiger partial charge in [-0.1, -0.05) is 11.6 Å². The summed E-state index contributed by atoms with van der Waals surface area (Å²) in [5, 5.41) is 4.03. The van der Waals surface area contributed by atoms with Crippen LogP contribution in [0.3, 0.4) is 0 Å². The van der Waals surface area contributed by atoms with E-state index in [0.29, 0.717) is 11.1 Å². The van der Waals surface area contributed by atoms with Crippen LogP contribution >= 0.6 is 24.0 Å². The molecule has 0 radical (unpaired) electrons. The van der Waals surface area contributed by atoms with Gasteiger partial charge in [0, 0.05) is 36.3 Å². The van der Waals surface area contributed by atoms with Crippen LogP contribution < -0.4 is 5.32 Å². The minimum absolute atomic E-state index is 0. The molecular formula is C13H18Cl2N2O. The molecule has 100 valence electrons. The smallest absolute Gasteiger partial charge is 0.253 e. The number of halogens is 2. The number of carbonyl (C=O) groups excluding carboxylic acids is 1. The first kappa shape index (κ1) is 15.3. The third-order valence-corrected chi connectivity index (χ3v) is 3.48. The lowest BCUT2D eigenvalue weighted by Crippen LogP contribution is -2.51. The molecule has 1 saturated heterocycles. The number of nitrogens with one attached hydrogen (secondary N) is 1. The Morgan fingerprint density at radius 3 is 2.83 bits per heavy atom. The molecule has 1 aromatic rings. The average molecular weight is 289 g/mol. The summed E-state index contributed by atoms with van der Waals surface area (Å²) in [5.74, 6) is 0.0955. The normalized spacial score (nSPS) is 19.3. The highest BCUT2D eigenvalue weighted by Crippen LogP contribution is 2.17. The van der Waals surface area contributed by atoms with E-state index in [2.05, 4.69) is 12.2 Å². The van der Waals surface area contributed by atoms with Crippen molar-refractivity contribution in [2.45, 2.75) is 19.9 Å². The first-order valence-electron chi connectivity index (χ1n) is 5.87. The molecule has 1 fully saturated rings. The zero-order valence-corrected chi connectivity index (χ0v) is 12.1. The topological polar surface area (TPSA) is 32.3 Å². The number of hydrogen-bond donors (Lipinski definition) is 1. The number of hydrogen-bond acceptors (Lipinski definition) is 2. The molecule has 18 heavy (non-hydrogen) atoms. The Balaban J connectivity index is 0.00000162. The van der Waals surface area contributed by atoms with E-state index in [-0.39, 0.29) is 18.3 Å². The summed E-state index contributed by atoms with van der Waals surface area (Å²) in [6.45, 7) is 6.40. The predicted octanol–water partition coefficient (Wildman–Crippen LogP) is 2.50. The van der Waals surface area contributed by atoms with Crippen molar-refractivity contribution in [2.75, 3.05) is 19.6 Å². The Morgan fingerprint density at radius 1 is 1.50 bits per heavy atom. The molecule has 1 unspecified atom stereocenters. The molecule has 1 aliphatic heterocycles.